The van der Waals surface area contributed by atoms with Crippen molar-refractivity contribution >= 4 is 5.97 Å². The lowest BCUT2D eigenvalue weighted by molar-refractivity contribution is -0.143. The number of hydrogen-bond acceptors (Lipinski definition) is 3. The first kappa shape index (κ1) is 15.0. The summed E-state index contributed by atoms with van der Waals surface area (Å²) >= 11 is 0. The van der Waals surface area contributed by atoms with Crippen molar-refractivity contribution in [3.05, 3.63) is 35.9 Å². The maximum absolute atomic E-state index is 11.6. The van der Waals surface area contributed by atoms with E-state index < -0.39 is 12.0 Å². The number of aliphatic carboxylic acids is 1. The first-order chi connectivity index (χ1) is 9.62. The predicted octanol–water partition coefficient (Wildman–Crippen LogP) is 2.30. The zero-order chi connectivity index (χ0) is 14.6. The second-order valence-electron chi connectivity index (χ2n) is 5.78. The highest BCUT2D eigenvalue weighted by atomic mass is 16.4. The zero-order valence-electron chi connectivity index (χ0n) is 12.0. The highest BCUT2D eigenvalue weighted by Crippen LogP contribution is 2.38. The van der Waals surface area contributed by atoms with Gasteiger partial charge in [-0.1, -0.05) is 43.7 Å². The summed E-state index contributed by atoms with van der Waals surface area (Å²) in [7, 11) is 0. The van der Waals surface area contributed by atoms with Crippen LogP contribution >= 0.6 is 0 Å². The number of carbonyl (C=O) groups is 1. The fourth-order valence-corrected chi connectivity index (χ4v) is 3.28. The van der Waals surface area contributed by atoms with Crippen LogP contribution in [0.25, 0.3) is 0 Å². The third kappa shape index (κ3) is 3.02. The van der Waals surface area contributed by atoms with E-state index >= 15 is 0 Å². The van der Waals surface area contributed by atoms with Gasteiger partial charge in [-0.25, -0.2) is 0 Å². The van der Waals surface area contributed by atoms with Gasteiger partial charge in [0.2, 0.25) is 0 Å². The summed E-state index contributed by atoms with van der Waals surface area (Å²) in [5.74, 6) is -0.818. The summed E-state index contributed by atoms with van der Waals surface area (Å²) in [5.41, 5.74) is 0.683. The van der Waals surface area contributed by atoms with Crippen LogP contribution in [0.15, 0.2) is 30.3 Å². The molecule has 2 rings (SSSR count). The number of benzene rings is 1. The summed E-state index contributed by atoms with van der Waals surface area (Å²) in [6.45, 7) is 3.63. The van der Waals surface area contributed by atoms with E-state index in [-0.39, 0.29) is 12.0 Å². The van der Waals surface area contributed by atoms with Gasteiger partial charge in [-0.15, -0.1) is 0 Å². The van der Waals surface area contributed by atoms with E-state index in [1.807, 2.05) is 35.2 Å². The Hall–Kier alpha value is -1.39. The molecule has 2 atom stereocenters. The van der Waals surface area contributed by atoms with Gasteiger partial charge in [-0.2, -0.15) is 0 Å². The Morgan fingerprint density at radius 1 is 1.40 bits per heavy atom. The average molecular weight is 277 g/mol. The second kappa shape index (κ2) is 6.37. The Balaban J connectivity index is 2.19. The zero-order valence-corrected chi connectivity index (χ0v) is 12.0. The molecular formula is C16H23NO3. The van der Waals surface area contributed by atoms with Gasteiger partial charge in [0.15, 0.2) is 0 Å². The lowest BCUT2D eigenvalue weighted by Gasteiger charge is -2.29. The van der Waals surface area contributed by atoms with Gasteiger partial charge >= 0.3 is 5.97 Å². The maximum Gasteiger partial charge on any atom is 0.325 e. The van der Waals surface area contributed by atoms with Gasteiger partial charge < -0.3 is 10.2 Å². The van der Waals surface area contributed by atoms with Crippen molar-refractivity contribution in [1.29, 1.82) is 0 Å². The van der Waals surface area contributed by atoms with Crippen LogP contribution in [-0.4, -0.2) is 40.8 Å². The molecule has 0 saturated carbocycles. The van der Waals surface area contributed by atoms with Crippen molar-refractivity contribution < 1.29 is 15.0 Å². The molecule has 0 aromatic heterocycles. The Labute approximate surface area is 120 Å². The Bertz CT molecular complexity index is 448. The molecule has 2 unspecified atom stereocenters. The quantitative estimate of drug-likeness (QED) is 0.837. The Kier molecular flexibility index (Phi) is 4.78. The van der Waals surface area contributed by atoms with E-state index in [9.17, 15) is 15.0 Å². The van der Waals surface area contributed by atoms with Crippen LogP contribution in [0.3, 0.4) is 0 Å². The van der Waals surface area contributed by atoms with Crippen molar-refractivity contribution in [2.24, 2.45) is 5.41 Å². The van der Waals surface area contributed by atoms with E-state index in [0.29, 0.717) is 6.54 Å². The van der Waals surface area contributed by atoms with Crippen molar-refractivity contribution in [1.82, 2.24) is 4.90 Å². The van der Waals surface area contributed by atoms with Gasteiger partial charge in [-0.3, -0.25) is 9.69 Å². The number of aliphatic hydroxyl groups is 1. The number of carboxylic acids is 1. The number of nitrogens with zero attached hydrogens (tertiary/aromatic N) is 1. The van der Waals surface area contributed by atoms with Gasteiger partial charge in [0.25, 0.3) is 0 Å². The minimum absolute atomic E-state index is 0.128. The van der Waals surface area contributed by atoms with Gasteiger partial charge in [-0.05, 0) is 24.9 Å². The molecule has 0 amide bonds. The van der Waals surface area contributed by atoms with Gasteiger partial charge in [0, 0.05) is 18.6 Å². The molecule has 2 N–H and O–H groups in total. The molecule has 0 aliphatic carbocycles. The first-order valence-electron chi connectivity index (χ1n) is 7.24. The van der Waals surface area contributed by atoms with E-state index in [1.54, 1.807) is 0 Å². The first-order valence-corrected chi connectivity index (χ1v) is 7.24. The topological polar surface area (TPSA) is 60.8 Å². The summed E-state index contributed by atoms with van der Waals surface area (Å²) in [6, 6.07) is 8.73. The fourth-order valence-electron chi connectivity index (χ4n) is 3.28. The normalized spacial score (nSPS) is 24.7. The molecular weight excluding hydrogens is 254 g/mol. The minimum atomic E-state index is -0.818. The monoisotopic (exact) mass is 277 g/mol. The maximum atomic E-state index is 11.6. The standard InChI is InChI=1S/C16H23NO3/c1-2-8-16(12-18)9-10-17(11-16)14(15(19)20)13-6-4-3-5-7-13/h3-7,14,18H,2,8-12H2,1H3,(H,19,20). The highest BCUT2D eigenvalue weighted by Gasteiger charge is 2.41. The molecule has 4 nitrogen and oxygen atoms in total. The van der Waals surface area contributed by atoms with Crippen LogP contribution in [0.4, 0.5) is 0 Å². The molecule has 1 aliphatic heterocycles. The molecule has 1 fully saturated rings. The van der Waals surface area contributed by atoms with Crippen LogP contribution in [0, 0.1) is 5.41 Å². The van der Waals surface area contributed by atoms with E-state index in [4.69, 9.17) is 0 Å². The predicted molar refractivity (Wildman–Crippen MR) is 77.4 cm³/mol. The number of hydrogen-bond donors (Lipinski definition) is 2. The van der Waals surface area contributed by atoms with Crippen molar-refractivity contribution in [3.8, 4) is 0 Å². The molecule has 1 aromatic rings. The molecule has 1 saturated heterocycles. The van der Waals surface area contributed by atoms with Crippen LogP contribution in [0.2, 0.25) is 0 Å². The van der Waals surface area contributed by atoms with Crippen LogP contribution in [-0.2, 0) is 4.79 Å². The summed E-state index contributed by atoms with van der Waals surface area (Å²) < 4.78 is 0. The fraction of sp³-hybridized carbons (Fsp3) is 0.562. The van der Waals surface area contributed by atoms with Crippen LogP contribution in [0.5, 0.6) is 0 Å². The van der Waals surface area contributed by atoms with E-state index in [2.05, 4.69) is 6.92 Å². The average Bonchev–Trinajstić information content (AvgIpc) is 2.85. The number of rotatable bonds is 6. The molecule has 1 aromatic carbocycles. The summed E-state index contributed by atoms with van der Waals surface area (Å²) in [5, 5.41) is 19.2. The second-order valence-corrected chi connectivity index (χ2v) is 5.78. The van der Waals surface area contributed by atoms with Crippen LogP contribution < -0.4 is 0 Å². The lowest BCUT2D eigenvalue weighted by atomic mass is 9.83. The minimum Gasteiger partial charge on any atom is -0.480 e. The van der Waals surface area contributed by atoms with Crippen LogP contribution in [0.1, 0.15) is 37.8 Å². The van der Waals surface area contributed by atoms with Crippen molar-refractivity contribution in [2.75, 3.05) is 19.7 Å². The highest BCUT2D eigenvalue weighted by molar-refractivity contribution is 5.75. The van der Waals surface area contributed by atoms with E-state index in [1.165, 1.54) is 0 Å². The SMILES string of the molecule is CCCC1(CO)CCN(C(C(=O)O)c2ccccc2)C1. The number of likely N-dealkylation sites (tertiary alicyclic amines) is 1. The molecule has 20 heavy (non-hydrogen) atoms. The Morgan fingerprint density at radius 3 is 2.65 bits per heavy atom. The molecule has 0 bridgehead atoms. The number of carboxylic acid groups (broad SMARTS) is 1. The third-order valence-electron chi connectivity index (χ3n) is 4.30. The van der Waals surface area contributed by atoms with Gasteiger partial charge in [0.05, 0.1) is 0 Å². The molecule has 0 spiro atoms. The molecule has 0 radical (unpaired) electrons. The Morgan fingerprint density at radius 2 is 2.10 bits per heavy atom. The smallest absolute Gasteiger partial charge is 0.325 e. The van der Waals surface area contributed by atoms with E-state index in [0.717, 1.165) is 31.4 Å². The molecule has 1 heterocycles. The van der Waals surface area contributed by atoms with Crippen molar-refractivity contribution in [2.45, 2.75) is 32.2 Å². The van der Waals surface area contributed by atoms with Gasteiger partial charge in [0.1, 0.15) is 6.04 Å². The molecule has 110 valence electrons. The third-order valence-corrected chi connectivity index (χ3v) is 4.30. The largest absolute Gasteiger partial charge is 0.480 e. The number of aliphatic hydroxyl groups excluding tert-OH is 1. The summed E-state index contributed by atoms with van der Waals surface area (Å²) in [4.78, 5) is 13.6. The molecule has 4 heteroatoms. The lowest BCUT2D eigenvalue weighted by Crippen LogP contribution is -2.36. The molecule has 1 aliphatic rings. The van der Waals surface area contributed by atoms with Crippen molar-refractivity contribution in [3.63, 3.8) is 0 Å². The summed E-state index contributed by atoms with van der Waals surface area (Å²) in [6.07, 6.45) is 2.83.